The third kappa shape index (κ3) is 3.98. The highest BCUT2D eigenvalue weighted by molar-refractivity contribution is 6.30. The molecule has 0 saturated heterocycles. The summed E-state index contributed by atoms with van der Waals surface area (Å²) in [5, 5.41) is 5.27. The quantitative estimate of drug-likeness (QED) is 0.378. The fraction of sp³-hybridized carbons (Fsp3) is 0.280. The lowest BCUT2D eigenvalue weighted by Crippen LogP contribution is -2.08. The normalized spacial score (nSPS) is 14.3. The number of hydrogen-bond acceptors (Lipinski definition) is 4. The van der Waals surface area contributed by atoms with Gasteiger partial charge in [-0.2, -0.15) is 0 Å². The zero-order valence-corrected chi connectivity index (χ0v) is 18.3. The first-order valence-electron chi connectivity index (χ1n) is 10.7. The summed E-state index contributed by atoms with van der Waals surface area (Å²) in [6.45, 7) is 0.652. The predicted octanol–water partition coefficient (Wildman–Crippen LogP) is 6.49. The van der Waals surface area contributed by atoms with Gasteiger partial charge >= 0.3 is 0 Å². The van der Waals surface area contributed by atoms with Gasteiger partial charge in [0.05, 0.1) is 18.2 Å². The first-order chi connectivity index (χ1) is 15.2. The van der Waals surface area contributed by atoms with Gasteiger partial charge in [0.25, 0.3) is 0 Å². The standard InChI is InChI=1S/C25H25ClN4O/c1-31-21-11-9-18(10-12-21)23-14-22-24(27-15-17-5-4-6-19(26)13-17)28-16-29-25(22)30(23)20-7-2-3-8-20/h4-6,9-14,16,20H,2-3,7-8,15H2,1H3,(H,27,28,29). The number of benzene rings is 2. The van der Waals surface area contributed by atoms with Crippen LogP contribution in [0.1, 0.15) is 37.3 Å². The van der Waals surface area contributed by atoms with Crippen molar-refractivity contribution in [3.8, 4) is 17.0 Å². The number of anilines is 1. The van der Waals surface area contributed by atoms with E-state index in [1.807, 2.05) is 30.3 Å². The zero-order chi connectivity index (χ0) is 21.2. The Hall–Kier alpha value is -3.05. The average Bonchev–Trinajstić information content (AvgIpc) is 3.45. The number of rotatable bonds is 6. The van der Waals surface area contributed by atoms with Crippen LogP contribution >= 0.6 is 11.6 Å². The van der Waals surface area contributed by atoms with E-state index in [0.717, 1.165) is 38.8 Å². The zero-order valence-electron chi connectivity index (χ0n) is 17.5. The smallest absolute Gasteiger partial charge is 0.146 e. The average molecular weight is 433 g/mol. The maximum Gasteiger partial charge on any atom is 0.146 e. The fourth-order valence-corrected chi connectivity index (χ4v) is 4.73. The highest BCUT2D eigenvalue weighted by atomic mass is 35.5. The molecular weight excluding hydrogens is 408 g/mol. The predicted molar refractivity (Wildman–Crippen MR) is 126 cm³/mol. The van der Waals surface area contributed by atoms with E-state index in [-0.39, 0.29) is 0 Å². The van der Waals surface area contributed by atoms with Crippen molar-refractivity contribution in [2.75, 3.05) is 12.4 Å². The van der Waals surface area contributed by atoms with Gasteiger partial charge in [0, 0.05) is 17.6 Å². The van der Waals surface area contributed by atoms with E-state index in [1.54, 1.807) is 13.4 Å². The number of nitrogens with one attached hydrogen (secondary N) is 1. The van der Waals surface area contributed by atoms with Gasteiger partial charge in [-0.3, -0.25) is 0 Å². The molecule has 0 spiro atoms. The minimum Gasteiger partial charge on any atom is -0.497 e. The monoisotopic (exact) mass is 432 g/mol. The van der Waals surface area contributed by atoms with Gasteiger partial charge in [0.15, 0.2) is 0 Å². The molecule has 31 heavy (non-hydrogen) atoms. The largest absolute Gasteiger partial charge is 0.497 e. The molecule has 1 N–H and O–H groups in total. The van der Waals surface area contributed by atoms with Crippen LogP contribution in [0.5, 0.6) is 5.75 Å². The number of nitrogens with zero attached hydrogens (tertiary/aromatic N) is 3. The van der Waals surface area contributed by atoms with Gasteiger partial charge < -0.3 is 14.6 Å². The number of methoxy groups -OCH3 is 1. The minimum atomic E-state index is 0.463. The first kappa shape index (κ1) is 19.9. The molecule has 0 radical (unpaired) electrons. The number of hydrogen-bond donors (Lipinski definition) is 1. The number of aromatic nitrogens is 3. The molecule has 0 amide bonds. The maximum absolute atomic E-state index is 6.14. The Labute approximate surface area is 187 Å². The van der Waals surface area contributed by atoms with Gasteiger partial charge in [-0.25, -0.2) is 9.97 Å². The Morgan fingerprint density at radius 1 is 1.06 bits per heavy atom. The van der Waals surface area contributed by atoms with Crippen LogP contribution < -0.4 is 10.1 Å². The van der Waals surface area contributed by atoms with Crippen LogP contribution in [0, 0.1) is 0 Å². The van der Waals surface area contributed by atoms with Crippen LogP contribution in [-0.2, 0) is 6.54 Å². The topological polar surface area (TPSA) is 52.0 Å². The summed E-state index contributed by atoms with van der Waals surface area (Å²) >= 11 is 6.14. The van der Waals surface area contributed by atoms with E-state index in [0.29, 0.717) is 12.6 Å². The van der Waals surface area contributed by atoms with E-state index in [9.17, 15) is 0 Å². The molecule has 2 aromatic heterocycles. The molecule has 5 rings (SSSR count). The fourth-order valence-electron chi connectivity index (χ4n) is 4.52. The van der Waals surface area contributed by atoms with Crippen molar-refractivity contribution in [2.24, 2.45) is 0 Å². The molecule has 158 valence electrons. The second-order valence-electron chi connectivity index (χ2n) is 8.01. The number of halogens is 1. The van der Waals surface area contributed by atoms with Gasteiger partial charge in [-0.15, -0.1) is 0 Å². The van der Waals surface area contributed by atoms with Crippen LogP contribution in [0.2, 0.25) is 5.02 Å². The van der Waals surface area contributed by atoms with Crippen LogP contribution in [-0.4, -0.2) is 21.6 Å². The summed E-state index contributed by atoms with van der Waals surface area (Å²) in [6, 6.07) is 18.8. The Bertz CT molecular complexity index is 1200. The van der Waals surface area contributed by atoms with Crippen molar-refractivity contribution in [1.29, 1.82) is 0 Å². The van der Waals surface area contributed by atoms with E-state index in [4.69, 9.17) is 21.3 Å². The second-order valence-corrected chi connectivity index (χ2v) is 8.45. The summed E-state index contributed by atoms with van der Waals surface area (Å²) in [5.74, 6) is 1.70. The van der Waals surface area contributed by atoms with Crippen molar-refractivity contribution >= 4 is 28.5 Å². The Kier molecular flexibility index (Phi) is 5.51. The molecule has 6 heteroatoms. The van der Waals surface area contributed by atoms with Gasteiger partial charge in [-0.1, -0.05) is 36.6 Å². The Balaban J connectivity index is 1.57. The van der Waals surface area contributed by atoms with Crippen LogP contribution in [0.25, 0.3) is 22.3 Å². The number of ether oxygens (including phenoxy) is 1. The Morgan fingerprint density at radius 2 is 1.87 bits per heavy atom. The molecule has 1 aliphatic carbocycles. The van der Waals surface area contributed by atoms with E-state index >= 15 is 0 Å². The molecule has 0 atom stereocenters. The molecule has 0 bridgehead atoms. The van der Waals surface area contributed by atoms with Crippen molar-refractivity contribution in [3.05, 3.63) is 71.5 Å². The lowest BCUT2D eigenvalue weighted by Gasteiger charge is -2.17. The number of fused-ring (bicyclic) bond motifs is 1. The van der Waals surface area contributed by atoms with Gasteiger partial charge in [0.1, 0.15) is 23.5 Å². The van der Waals surface area contributed by atoms with E-state index in [1.165, 1.54) is 31.4 Å². The van der Waals surface area contributed by atoms with Gasteiger partial charge in [-0.05, 0) is 66.4 Å². The first-order valence-corrected chi connectivity index (χ1v) is 11.1. The molecule has 1 fully saturated rings. The summed E-state index contributed by atoms with van der Waals surface area (Å²) in [6.07, 6.45) is 6.55. The molecule has 5 nitrogen and oxygen atoms in total. The molecule has 0 unspecified atom stereocenters. The highest BCUT2D eigenvalue weighted by Gasteiger charge is 2.24. The second kappa shape index (κ2) is 8.60. The third-order valence-corrected chi connectivity index (χ3v) is 6.29. The van der Waals surface area contributed by atoms with Crippen LogP contribution in [0.3, 0.4) is 0 Å². The molecule has 1 aliphatic rings. The van der Waals surface area contributed by atoms with E-state index in [2.05, 4.69) is 39.1 Å². The van der Waals surface area contributed by atoms with Crippen molar-refractivity contribution in [2.45, 2.75) is 38.3 Å². The minimum absolute atomic E-state index is 0.463. The lowest BCUT2D eigenvalue weighted by molar-refractivity contribution is 0.415. The molecule has 4 aromatic rings. The van der Waals surface area contributed by atoms with Crippen molar-refractivity contribution in [1.82, 2.24) is 14.5 Å². The van der Waals surface area contributed by atoms with Gasteiger partial charge in [0.2, 0.25) is 0 Å². The van der Waals surface area contributed by atoms with Crippen LogP contribution in [0.4, 0.5) is 5.82 Å². The van der Waals surface area contributed by atoms with Crippen molar-refractivity contribution < 1.29 is 4.74 Å². The highest BCUT2D eigenvalue weighted by Crippen LogP contribution is 2.39. The summed E-state index contributed by atoms with van der Waals surface area (Å²) in [4.78, 5) is 9.26. The third-order valence-electron chi connectivity index (χ3n) is 6.06. The summed E-state index contributed by atoms with van der Waals surface area (Å²) in [7, 11) is 1.69. The molecule has 2 aromatic carbocycles. The maximum atomic E-state index is 6.14. The molecule has 1 saturated carbocycles. The van der Waals surface area contributed by atoms with Crippen molar-refractivity contribution in [3.63, 3.8) is 0 Å². The lowest BCUT2D eigenvalue weighted by atomic mass is 10.1. The SMILES string of the molecule is COc1ccc(-c2cc3c(NCc4cccc(Cl)c4)ncnc3n2C2CCCC2)cc1. The van der Waals surface area contributed by atoms with E-state index < -0.39 is 0 Å². The van der Waals surface area contributed by atoms with Crippen LogP contribution in [0.15, 0.2) is 60.9 Å². The Morgan fingerprint density at radius 3 is 2.61 bits per heavy atom. The summed E-state index contributed by atoms with van der Waals surface area (Å²) < 4.78 is 7.76. The summed E-state index contributed by atoms with van der Waals surface area (Å²) in [5.41, 5.74) is 4.44. The molecule has 2 heterocycles. The molecule has 0 aliphatic heterocycles. The molecular formula is C25H25ClN4O.